The highest BCUT2D eigenvalue weighted by molar-refractivity contribution is 5.82. The Bertz CT molecular complexity index is 679. The average Bonchev–Trinajstić information content (AvgIpc) is 3.34. The van der Waals surface area contributed by atoms with Crippen molar-refractivity contribution in [2.24, 2.45) is 0 Å². The van der Waals surface area contributed by atoms with Crippen LogP contribution in [-0.4, -0.2) is 90.8 Å². The minimum Gasteiger partial charge on any atom is -0.394 e. The van der Waals surface area contributed by atoms with Gasteiger partial charge in [-0.15, -0.1) is 0 Å². The largest absolute Gasteiger partial charge is 0.394 e. The summed E-state index contributed by atoms with van der Waals surface area (Å²) in [5.41, 5.74) is 1.54. The number of aromatic nitrogens is 4. The van der Waals surface area contributed by atoms with Gasteiger partial charge in [0, 0.05) is 6.61 Å². The lowest BCUT2D eigenvalue weighted by molar-refractivity contribution is -0.132. The molecule has 0 radical (unpaired) electrons. The zero-order chi connectivity index (χ0) is 17.8. The molecule has 11 heteroatoms. The molecule has 138 valence electrons. The smallest absolute Gasteiger partial charge is 0.184 e. The van der Waals surface area contributed by atoms with Gasteiger partial charge >= 0.3 is 0 Å². The summed E-state index contributed by atoms with van der Waals surface area (Å²) in [6.07, 6.45) is -0.606. The summed E-state index contributed by atoms with van der Waals surface area (Å²) in [6.45, 7) is 1.14. The van der Waals surface area contributed by atoms with E-state index >= 15 is 0 Å². The first-order valence-corrected chi connectivity index (χ1v) is 7.89. The molecule has 4 rings (SSSR count). The highest BCUT2D eigenvalue weighted by Crippen LogP contribution is 2.19. The number of nitrogens with zero attached hydrogens (tertiary/aromatic N) is 3. The maximum Gasteiger partial charge on any atom is 0.184 e. The van der Waals surface area contributed by atoms with Crippen LogP contribution in [0.15, 0.2) is 12.7 Å². The van der Waals surface area contributed by atoms with Crippen LogP contribution in [0.4, 0.5) is 5.82 Å². The number of aliphatic hydroxyl groups is 4. The van der Waals surface area contributed by atoms with E-state index in [2.05, 4.69) is 30.0 Å². The van der Waals surface area contributed by atoms with E-state index in [4.69, 9.17) is 25.2 Å². The summed E-state index contributed by atoms with van der Waals surface area (Å²) < 4.78 is 9.83. The third kappa shape index (κ3) is 4.03. The monoisotopic (exact) mass is 355 g/mol. The molecule has 6 N–H and O–H groups in total. The molecule has 2 saturated heterocycles. The van der Waals surface area contributed by atoms with Gasteiger partial charge in [0.15, 0.2) is 17.8 Å². The van der Waals surface area contributed by atoms with E-state index in [1.54, 1.807) is 6.33 Å². The Kier molecular flexibility index (Phi) is 5.73. The van der Waals surface area contributed by atoms with Gasteiger partial charge in [0.1, 0.15) is 30.2 Å². The number of rotatable bonds is 3. The normalized spacial score (nSPS) is 31.8. The van der Waals surface area contributed by atoms with Crippen LogP contribution in [0.2, 0.25) is 0 Å². The molecule has 25 heavy (non-hydrogen) atoms. The van der Waals surface area contributed by atoms with Crippen molar-refractivity contribution in [1.29, 1.82) is 0 Å². The van der Waals surface area contributed by atoms with Crippen LogP contribution in [0.1, 0.15) is 6.42 Å². The second kappa shape index (κ2) is 7.99. The molecule has 0 spiro atoms. The van der Waals surface area contributed by atoms with E-state index in [1.807, 2.05) is 0 Å². The lowest BCUT2D eigenvalue weighted by Gasteiger charge is -2.10. The maximum absolute atomic E-state index is 8.93. The number of anilines is 1. The Hall–Kier alpha value is -1.89. The molecule has 2 aliphatic rings. The summed E-state index contributed by atoms with van der Waals surface area (Å²) in [5.74, 6) is 0.799. The standard InChI is InChI=1S/C9H11N5O.C5H10O5/c1-2-15-3-6(1)14-9-7-8(11-4-10-7)12-5-13-9;6-1-2-3(7)4(8)5(9)10-2/h4-6H,1-3H2,(H2,10,11,12,13,14);2-9H,1H2/t;2-,3-,4-,5?/m.1/s1. The third-order valence-corrected chi connectivity index (χ3v) is 4.01. The van der Waals surface area contributed by atoms with Crippen molar-refractivity contribution in [2.75, 3.05) is 25.1 Å². The summed E-state index contributed by atoms with van der Waals surface area (Å²) in [7, 11) is 0. The molecule has 2 aliphatic heterocycles. The van der Waals surface area contributed by atoms with E-state index in [1.165, 1.54) is 6.33 Å². The zero-order valence-corrected chi connectivity index (χ0v) is 13.3. The number of imidazole rings is 1. The van der Waals surface area contributed by atoms with E-state index < -0.39 is 31.2 Å². The fourth-order valence-electron chi connectivity index (χ4n) is 2.60. The molecular weight excluding hydrogens is 334 g/mol. The first-order valence-electron chi connectivity index (χ1n) is 7.89. The van der Waals surface area contributed by atoms with E-state index in [-0.39, 0.29) is 0 Å². The van der Waals surface area contributed by atoms with Gasteiger partial charge in [-0.2, -0.15) is 0 Å². The summed E-state index contributed by atoms with van der Waals surface area (Å²) >= 11 is 0. The number of hydrogen-bond donors (Lipinski definition) is 6. The Morgan fingerprint density at radius 3 is 2.64 bits per heavy atom. The van der Waals surface area contributed by atoms with Crippen molar-refractivity contribution < 1.29 is 29.9 Å². The van der Waals surface area contributed by atoms with Crippen LogP contribution in [0.3, 0.4) is 0 Å². The van der Waals surface area contributed by atoms with Gasteiger partial charge in [-0.3, -0.25) is 0 Å². The Morgan fingerprint density at radius 1 is 1.20 bits per heavy atom. The van der Waals surface area contributed by atoms with Crippen molar-refractivity contribution in [1.82, 2.24) is 19.9 Å². The van der Waals surface area contributed by atoms with Gasteiger partial charge in [0.2, 0.25) is 0 Å². The van der Waals surface area contributed by atoms with E-state index in [0.29, 0.717) is 11.7 Å². The number of fused-ring (bicyclic) bond motifs is 1. The summed E-state index contributed by atoms with van der Waals surface area (Å²) in [5, 5.41) is 38.3. The lowest BCUT2D eigenvalue weighted by atomic mass is 10.1. The molecule has 2 unspecified atom stereocenters. The molecule has 2 fully saturated rings. The summed E-state index contributed by atoms with van der Waals surface area (Å²) in [4.78, 5) is 15.3. The van der Waals surface area contributed by atoms with Crippen molar-refractivity contribution in [2.45, 2.75) is 37.1 Å². The van der Waals surface area contributed by atoms with E-state index in [0.717, 1.165) is 31.0 Å². The molecule has 0 bridgehead atoms. The molecule has 0 aromatic carbocycles. The second-order valence-electron chi connectivity index (χ2n) is 5.76. The fraction of sp³-hybridized carbons (Fsp3) is 0.643. The third-order valence-electron chi connectivity index (χ3n) is 4.01. The van der Waals surface area contributed by atoms with Crippen LogP contribution >= 0.6 is 0 Å². The number of ether oxygens (including phenoxy) is 2. The summed E-state index contributed by atoms with van der Waals surface area (Å²) in [6, 6.07) is 0.339. The molecule has 5 atom stereocenters. The van der Waals surface area contributed by atoms with Gasteiger partial charge < -0.3 is 40.2 Å². The molecule has 0 amide bonds. The quantitative estimate of drug-likeness (QED) is 0.361. The van der Waals surface area contributed by atoms with Gasteiger partial charge in [0.05, 0.1) is 25.6 Å². The van der Waals surface area contributed by atoms with Gasteiger partial charge in [-0.05, 0) is 6.42 Å². The predicted molar refractivity (Wildman–Crippen MR) is 84.5 cm³/mol. The van der Waals surface area contributed by atoms with Crippen molar-refractivity contribution in [3.63, 3.8) is 0 Å². The molecule has 4 heterocycles. The molecular formula is C14H21N5O6. The van der Waals surface area contributed by atoms with Crippen LogP contribution in [0.5, 0.6) is 0 Å². The van der Waals surface area contributed by atoms with Crippen LogP contribution < -0.4 is 5.32 Å². The highest BCUT2D eigenvalue weighted by Gasteiger charge is 2.41. The predicted octanol–water partition coefficient (Wildman–Crippen LogP) is -2.03. The van der Waals surface area contributed by atoms with Crippen molar-refractivity contribution >= 4 is 17.0 Å². The number of H-pyrrole nitrogens is 1. The average molecular weight is 355 g/mol. The van der Waals surface area contributed by atoms with E-state index in [9.17, 15) is 0 Å². The number of aromatic amines is 1. The van der Waals surface area contributed by atoms with Crippen molar-refractivity contribution in [3.8, 4) is 0 Å². The molecule has 11 nitrogen and oxygen atoms in total. The highest BCUT2D eigenvalue weighted by atomic mass is 16.6. The van der Waals surface area contributed by atoms with Crippen LogP contribution in [0, 0.1) is 0 Å². The lowest BCUT2D eigenvalue weighted by Crippen LogP contribution is -2.33. The van der Waals surface area contributed by atoms with Gasteiger partial charge in [-0.1, -0.05) is 0 Å². The zero-order valence-electron chi connectivity index (χ0n) is 13.3. The number of nitrogens with one attached hydrogen (secondary N) is 2. The Morgan fingerprint density at radius 2 is 2.04 bits per heavy atom. The SMILES string of the molecule is OC[C@H]1OC(O)[C@H](O)[C@@H]1O.c1nc(NC2CCOC2)c2[nH]cnc2n1. The first kappa shape index (κ1) is 17.9. The molecule has 0 aliphatic carbocycles. The van der Waals surface area contributed by atoms with Crippen molar-refractivity contribution in [3.05, 3.63) is 12.7 Å². The van der Waals surface area contributed by atoms with Gasteiger partial charge in [0.25, 0.3) is 0 Å². The molecule has 2 aromatic rings. The van der Waals surface area contributed by atoms with Crippen LogP contribution in [-0.2, 0) is 9.47 Å². The topological polar surface area (TPSA) is 166 Å². The maximum atomic E-state index is 8.93. The number of aliphatic hydroxyl groups excluding tert-OH is 4. The minimum absolute atomic E-state index is 0.339. The molecule has 2 aromatic heterocycles. The molecule has 0 saturated carbocycles. The first-order chi connectivity index (χ1) is 12.1. The Labute approximate surface area is 142 Å². The Balaban J connectivity index is 0.000000160. The second-order valence-corrected chi connectivity index (χ2v) is 5.76. The number of hydrogen-bond acceptors (Lipinski definition) is 10. The fourth-order valence-corrected chi connectivity index (χ4v) is 2.60. The van der Waals surface area contributed by atoms with Crippen LogP contribution in [0.25, 0.3) is 11.2 Å². The minimum atomic E-state index is -1.38. The van der Waals surface area contributed by atoms with Gasteiger partial charge in [-0.25, -0.2) is 15.0 Å².